The Labute approximate surface area is 156 Å². The summed E-state index contributed by atoms with van der Waals surface area (Å²) < 4.78 is 18.0. The van der Waals surface area contributed by atoms with E-state index in [4.69, 9.17) is 4.74 Å². The van der Waals surface area contributed by atoms with Gasteiger partial charge in [-0.2, -0.15) is 0 Å². The number of carbonyl (C=O) groups excluding carboxylic acids is 2. The summed E-state index contributed by atoms with van der Waals surface area (Å²) in [5, 5.41) is 0.943. The van der Waals surface area contributed by atoms with Crippen LogP contribution >= 0.6 is 0 Å². The minimum absolute atomic E-state index is 0.0450. The molecule has 27 heavy (non-hydrogen) atoms. The van der Waals surface area contributed by atoms with Gasteiger partial charge in [-0.05, 0) is 29.3 Å². The zero-order chi connectivity index (χ0) is 19.2. The van der Waals surface area contributed by atoms with Crippen LogP contribution in [0.25, 0.3) is 10.9 Å². The van der Waals surface area contributed by atoms with E-state index in [0.717, 1.165) is 22.0 Å². The number of pyridine rings is 1. The number of carbonyl (C=O) groups is 2. The van der Waals surface area contributed by atoms with Crippen molar-refractivity contribution >= 4 is 22.8 Å². The van der Waals surface area contributed by atoms with Crippen LogP contribution in [0.3, 0.4) is 0 Å². The minimum atomic E-state index is -0.489. The highest BCUT2D eigenvalue weighted by atomic mass is 19.1. The number of aromatic nitrogens is 1. The number of para-hydroxylation sites is 1. The second kappa shape index (κ2) is 8.40. The molecule has 3 aromatic rings. The number of hydrogen-bond acceptors (Lipinski definition) is 4. The Morgan fingerprint density at radius 1 is 1.07 bits per heavy atom. The Hall–Kier alpha value is -3.28. The Balaban J connectivity index is 1.53. The first-order chi connectivity index (χ1) is 13.0. The summed E-state index contributed by atoms with van der Waals surface area (Å²) >= 11 is 0. The lowest BCUT2D eigenvalue weighted by molar-refractivity contribution is -0.151. The highest BCUT2D eigenvalue weighted by Gasteiger charge is 2.14. The van der Waals surface area contributed by atoms with Crippen LogP contribution in [0, 0.1) is 5.82 Å². The molecule has 3 rings (SSSR count). The van der Waals surface area contributed by atoms with E-state index in [-0.39, 0.29) is 24.8 Å². The maximum absolute atomic E-state index is 12.9. The highest BCUT2D eigenvalue weighted by molar-refractivity contribution is 5.86. The Morgan fingerprint density at radius 2 is 1.81 bits per heavy atom. The summed E-state index contributed by atoms with van der Waals surface area (Å²) in [5.41, 5.74) is 2.29. The largest absolute Gasteiger partial charge is 0.455 e. The molecule has 0 unspecified atom stereocenters. The van der Waals surface area contributed by atoms with Gasteiger partial charge in [-0.1, -0.05) is 36.4 Å². The van der Waals surface area contributed by atoms with Gasteiger partial charge in [0.2, 0.25) is 0 Å². The SMILES string of the molecule is CN(Cc1ccc(F)cc1)C(=O)COC(=O)Cc1cccc2cccnc12. The monoisotopic (exact) mass is 366 g/mol. The number of hydrogen-bond donors (Lipinski definition) is 0. The molecule has 0 aliphatic carbocycles. The number of fused-ring (bicyclic) bond motifs is 1. The van der Waals surface area contributed by atoms with Gasteiger partial charge in [-0.25, -0.2) is 4.39 Å². The van der Waals surface area contributed by atoms with E-state index in [1.807, 2.05) is 30.3 Å². The van der Waals surface area contributed by atoms with E-state index >= 15 is 0 Å². The molecule has 0 N–H and O–H groups in total. The summed E-state index contributed by atoms with van der Waals surface area (Å²) in [7, 11) is 1.61. The van der Waals surface area contributed by atoms with E-state index in [1.54, 1.807) is 25.4 Å². The summed E-state index contributed by atoms with van der Waals surface area (Å²) in [4.78, 5) is 30.0. The smallest absolute Gasteiger partial charge is 0.310 e. The highest BCUT2D eigenvalue weighted by Crippen LogP contribution is 2.16. The predicted molar refractivity (Wildman–Crippen MR) is 99.3 cm³/mol. The molecule has 0 saturated carbocycles. The molecule has 6 heteroatoms. The minimum Gasteiger partial charge on any atom is -0.455 e. The molecule has 0 fully saturated rings. The first-order valence-electron chi connectivity index (χ1n) is 8.49. The van der Waals surface area contributed by atoms with Crippen molar-refractivity contribution in [2.75, 3.05) is 13.7 Å². The standard InChI is InChI=1S/C21H19FN2O3/c1-24(13-15-7-9-18(22)10-8-15)19(25)14-27-20(26)12-17-5-2-4-16-6-3-11-23-21(16)17/h2-11H,12-14H2,1H3. The summed E-state index contributed by atoms with van der Waals surface area (Å²) in [6, 6.07) is 15.2. The lowest BCUT2D eigenvalue weighted by Gasteiger charge is -2.17. The summed E-state index contributed by atoms with van der Waals surface area (Å²) in [6.45, 7) is -0.0291. The third-order valence-corrected chi connectivity index (χ3v) is 4.17. The first-order valence-corrected chi connectivity index (χ1v) is 8.49. The van der Waals surface area contributed by atoms with Gasteiger partial charge in [0.1, 0.15) is 5.82 Å². The number of benzene rings is 2. The van der Waals surface area contributed by atoms with E-state index in [0.29, 0.717) is 6.54 Å². The molecule has 0 atom stereocenters. The molecule has 0 bridgehead atoms. The molecule has 0 aliphatic heterocycles. The molecular formula is C21H19FN2O3. The van der Waals surface area contributed by atoms with Crippen molar-refractivity contribution in [2.24, 2.45) is 0 Å². The van der Waals surface area contributed by atoms with Gasteiger partial charge in [-0.3, -0.25) is 14.6 Å². The van der Waals surface area contributed by atoms with Gasteiger partial charge in [0.05, 0.1) is 11.9 Å². The molecule has 0 radical (unpaired) electrons. The maximum Gasteiger partial charge on any atom is 0.310 e. The molecule has 1 heterocycles. The number of nitrogens with zero attached hydrogens (tertiary/aromatic N) is 2. The normalized spacial score (nSPS) is 10.6. The van der Waals surface area contributed by atoms with Crippen molar-refractivity contribution in [1.29, 1.82) is 0 Å². The number of rotatable bonds is 6. The zero-order valence-corrected chi connectivity index (χ0v) is 14.9. The third-order valence-electron chi connectivity index (χ3n) is 4.17. The van der Waals surface area contributed by atoms with Crippen molar-refractivity contribution in [3.8, 4) is 0 Å². The van der Waals surface area contributed by atoms with Gasteiger partial charge in [0, 0.05) is 25.2 Å². The molecule has 1 amide bonds. The summed E-state index contributed by atoms with van der Waals surface area (Å²) in [6.07, 6.45) is 1.72. The Morgan fingerprint density at radius 3 is 2.59 bits per heavy atom. The average Bonchev–Trinajstić information content (AvgIpc) is 2.68. The van der Waals surface area contributed by atoms with E-state index in [2.05, 4.69) is 4.98 Å². The van der Waals surface area contributed by atoms with Crippen LogP contribution in [0.2, 0.25) is 0 Å². The van der Waals surface area contributed by atoms with Gasteiger partial charge >= 0.3 is 5.97 Å². The molecular weight excluding hydrogens is 347 g/mol. The third kappa shape index (κ3) is 4.88. The molecule has 0 spiro atoms. The van der Waals surface area contributed by atoms with Crippen molar-refractivity contribution < 1.29 is 18.7 Å². The number of ether oxygens (including phenoxy) is 1. The van der Waals surface area contributed by atoms with Gasteiger partial charge in [0.15, 0.2) is 6.61 Å². The zero-order valence-electron chi connectivity index (χ0n) is 14.9. The van der Waals surface area contributed by atoms with Crippen molar-refractivity contribution in [3.63, 3.8) is 0 Å². The fourth-order valence-corrected chi connectivity index (χ4v) is 2.72. The van der Waals surface area contributed by atoms with E-state index in [1.165, 1.54) is 17.0 Å². The number of likely N-dealkylation sites (N-methyl/N-ethyl adjacent to an activating group) is 1. The maximum atomic E-state index is 12.9. The fourth-order valence-electron chi connectivity index (χ4n) is 2.72. The quantitative estimate of drug-likeness (QED) is 0.629. The molecule has 1 aromatic heterocycles. The predicted octanol–water partition coefficient (Wildman–Crippen LogP) is 3.12. The van der Waals surface area contributed by atoms with Crippen LogP contribution in [0.5, 0.6) is 0 Å². The van der Waals surface area contributed by atoms with Gasteiger partial charge in [0.25, 0.3) is 5.91 Å². The average molecular weight is 366 g/mol. The Kier molecular flexibility index (Phi) is 5.76. The van der Waals surface area contributed by atoms with E-state index < -0.39 is 5.97 Å². The molecule has 2 aromatic carbocycles. The van der Waals surface area contributed by atoms with Crippen LogP contribution in [0.1, 0.15) is 11.1 Å². The first kappa shape index (κ1) is 18.5. The van der Waals surface area contributed by atoms with Crippen LogP contribution in [0.4, 0.5) is 4.39 Å². The van der Waals surface area contributed by atoms with Crippen molar-refractivity contribution in [2.45, 2.75) is 13.0 Å². The number of esters is 1. The molecule has 0 saturated heterocycles. The molecule has 138 valence electrons. The summed E-state index contributed by atoms with van der Waals surface area (Å²) in [5.74, 6) is -1.15. The lowest BCUT2D eigenvalue weighted by atomic mass is 10.1. The Bertz CT molecular complexity index is 952. The van der Waals surface area contributed by atoms with Crippen LogP contribution in [-0.2, 0) is 27.3 Å². The van der Waals surface area contributed by atoms with Gasteiger partial charge in [-0.15, -0.1) is 0 Å². The van der Waals surface area contributed by atoms with Crippen LogP contribution in [0.15, 0.2) is 60.8 Å². The van der Waals surface area contributed by atoms with Crippen LogP contribution < -0.4 is 0 Å². The van der Waals surface area contributed by atoms with Crippen molar-refractivity contribution in [3.05, 3.63) is 77.7 Å². The molecule has 0 aliphatic rings. The van der Waals surface area contributed by atoms with E-state index in [9.17, 15) is 14.0 Å². The topological polar surface area (TPSA) is 59.5 Å². The fraction of sp³-hybridized carbons (Fsp3) is 0.190. The lowest BCUT2D eigenvalue weighted by Crippen LogP contribution is -2.31. The van der Waals surface area contributed by atoms with Gasteiger partial charge < -0.3 is 9.64 Å². The number of amides is 1. The molecule has 5 nitrogen and oxygen atoms in total. The van der Waals surface area contributed by atoms with Crippen LogP contribution in [-0.4, -0.2) is 35.4 Å². The second-order valence-electron chi connectivity index (χ2n) is 6.21. The number of halogens is 1. The van der Waals surface area contributed by atoms with Crippen molar-refractivity contribution in [1.82, 2.24) is 9.88 Å². The second-order valence-corrected chi connectivity index (χ2v) is 6.21.